The first-order chi connectivity index (χ1) is 7.50. The van der Waals surface area contributed by atoms with Gasteiger partial charge >= 0.3 is 11.9 Å². The van der Waals surface area contributed by atoms with Gasteiger partial charge in [-0.3, -0.25) is 4.79 Å². The number of aromatic nitrogens is 1. The van der Waals surface area contributed by atoms with E-state index in [1.807, 2.05) is 0 Å². The molecule has 0 spiro atoms. The predicted molar refractivity (Wildman–Crippen MR) is 55.3 cm³/mol. The number of hydrogen-bond donors (Lipinski definition) is 2. The largest absolute Gasteiger partial charge is 0.481 e. The van der Waals surface area contributed by atoms with Gasteiger partial charge in [0.2, 0.25) is 0 Å². The standard InChI is InChI=1S/C10H6ClNO4/c11-7-4-6(2-1-3-8(13)14)5-12-9(7)10(15)16/h4-5H,3H2,(H,13,14)(H,15,16). The maximum atomic E-state index is 10.6. The molecule has 1 rings (SSSR count). The molecular formula is C10H6ClNO4. The first kappa shape index (κ1) is 12.0. The van der Waals surface area contributed by atoms with Crippen LogP contribution in [-0.4, -0.2) is 27.1 Å². The molecule has 2 N–H and O–H groups in total. The van der Waals surface area contributed by atoms with Crippen molar-refractivity contribution in [3.63, 3.8) is 0 Å². The molecule has 0 saturated heterocycles. The smallest absolute Gasteiger partial charge is 0.356 e. The summed E-state index contributed by atoms with van der Waals surface area (Å²) in [6, 6.07) is 1.33. The molecule has 0 aliphatic heterocycles. The van der Waals surface area contributed by atoms with Crippen molar-refractivity contribution >= 4 is 23.5 Å². The van der Waals surface area contributed by atoms with Gasteiger partial charge in [0.25, 0.3) is 0 Å². The zero-order chi connectivity index (χ0) is 12.1. The van der Waals surface area contributed by atoms with Gasteiger partial charge in [-0.2, -0.15) is 0 Å². The zero-order valence-corrected chi connectivity index (χ0v) is 8.65. The third-order valence-electron chi connectivity index (χ3n) is 1.52. The van der Waals surface area contributed by atoms with Gasteiger partial charge in [0.15, 0.2) is 5.69 Å². The second-order valence-electron chi connectivity index (χ2n) is 2.73. The molecule has 0 fully saturated rings. The van der Waals surface area contributed by atoms with Crippen molar-refractivity contribution in [3.05, 3.63) is 28.5 Å². The van der Waals surface area contributed by atoms with Gasteiger partial charge in [-0.1, -0.05) is 23.4 Å². The van der Waals surface area contributed by atoms with E-state index in [2.05, 4.69) is 16.8 Å². The lowest BCUT2D eigenvalue weighted by atomic mass is 10.2. The van der Waals surface area contributed by atoms with Crippen LogP contribution in [0.15, 0.2) is 12.3 Å². The maximum absolute atomic E-state index is 10.6. The second-order valence-corrected chi connectivity index (χ2v) is 3.14. The number of carboxylic acid groups (broad SMARTS) is 2. The summed E-state index contributed by atoms with van der Waals surface area (Å²) in [5.74, 6) is 2.63. The van der Waals surface area contributed by atoms with Crippen molar-refractivity contribution < 1.29 is 19.8 Å². The first-order valence-corrected chi connectivity index (χ1v) is 4.48. The number of rotatable bonds is 2. The van der Waals surface area contributed by atoms with E-state index in [0.717, 1.165) is 0 Å². The average Bonchev–Trinajstić information content (AvgIpc) is 2.16. The van der Waals surface area contributed by atoms with Crippen LogP contribution in [0, 0.1) is 11.8 Å². The first-order valence-electron chi connectivity index (χ1n) is 4.10. The van der Waals surface area contributed by atoms with E-state index in [1.165, 1.54) is 12.3 Å². The highest BCUT2D eigenvalue weighted by atomic mass is 35.5. The van der Waals surface area contributed by atoms with E-state index in [1.54, 1.807) is 0 Å². The van der Waals surface area contributed by atoms with Crippen LogP contribution < -0.4 is 0 Å². The summed E-state index contributed by atoms with van der Waals surface area (Å²) in [6.45, 7) is 0. The van der Waals surface area contributed by atoms with Gasteiger partial charge in [-0.25, -0.2) is 9.78 Å². The monoisotopic (exact) mass is 239 g/mol. The zero-order valence-electron chi connectivity index (χ0n) is 7.90. The van der Waals surface area contributed by atoms with Crippen LogP contribution in [0.25, 0.3) is 0 Å². The fraction of sp³-hybridized carbons (Fsp3) is 0.100. The molecule has 0 atom stereocenters. The minimum Gasteiger partial charge on any atom is -0.481 e. The Labute approximate surface area is 95.7 Å². The topological polar surface area (TPSA) is 87.5 Å². The Balaban J connectivity index is 2.92. The van der Waals surface area contributed by atoms with Crippen LogP contribution in [-0.2, 0) is 4.79 Å². The molecule has 6 heteroatoms. The molecule has 82 valence electrons. The highest BCUT2D eigenvalue weighted by Gasteiger charge is 2.09. The molecule has 1 heterocycles. The van der Waals surface area contributed by atoms with Crippen LogP contribution in [0.3, 0.4) is 0 Å². The lowest BCUT2D eigenvalue weighted by molar-refractivity contribution is -0.135. The summed E-state index contributed by atoms with van der Waals surface area (Å²) in [7, 11) is 0. The molecule has 0 unspecified atom stereocenters. The lowest BCUT2D eigenvalue weighted by Crippen LogP contribution is -2.01. The van der Waals surface area contributed by atoms with Crippen molar-refractivity contribution in [3.8, 4) is 11.8 Å². The Morgan fingerprint density at radius 1 is 1.44 bits per heavy atom. The highest BCUT2D eigenvalue weighted by Crippen LogP contribution is 2.14. The Kier molecular flexibility index (Phi) is 3.86. The quantitative estimate of drug-likeness (QED) is 0.759. The molecule has 1 aromatic heterocycles. The minimum absolute atomic E-state index is 0.0328. The predicted octanol–water partition coefficient (Wildman–Crippen LogP) is 1.26. The number of pyridine rings is 1. The van der Waals surface area contributed by atoms with E-state index >= 15 is 0 Å². The van der Waals surface area contributed by atoms with Crippen LogP contribution in [0.4, 0.5) is 0 Å². The SMILES string of the molecule is O=C(O)CC#Cc1cnc(C(=O)O)c(Cl)c1. The van der Waals surface area contributed by atoms with Crippen molar-refractivity contribution in [2.45, 2.75) is 6.42 Å². The number of carbonyl (C=O) groups is 2. The molecule has 0 radical (unpaired) electrons. The van der Waals surface area contributed by atoms with E-state index < -0.39 is 11.9 Å². The number of nitrogens with zero attached hydrogens (tertiary/aromatic N) is 1. The number of aliphatic carboxylic acids is 1. The minimum atomic E-state index is -1.23. The van der Waals surface area contributed by atoms with Crippen LogP contribution in [0.2, 0.25) is 5.02 Å². The third kappa shape index (κ3) is 3.26. The molecule has 0 bridgehead atoms. The van der Waals surface area contributed by atoms with Gasteiger partial charge < -0.3 is 10.2 Å². The maximum Gasteiger partial charge on any atom is 0.356 e. The van der Waals surface area contributed by atoms with Crippen molar-refractivity contribution in [2.75, 3.05) is 0 Å². The molecular weight excluding hydrogens is 234 g/mol. The molecule has 1 aromatic rings. The molecule has 0 aromatic carbocycles. The molecule has 16 heavy (non-hydrogen) atoms. The average molecular weight is 240 g/mol. The van der Waals surface area contributed by atoms with Crippen LogP contribution >= 0.6 is 11.6 Å². The second kappa shape index (κ2) is 5.14. The van der Waals surface area contributed by atoms with Gasteiger partial charge in [-0.05, 0) is 6.07 Å². The van der Waals surface area contributed by atoms with Gasteiger partial charge in [-0.15, -0.1) is 0 Å². The van der Waals surface area contributed by atoms with Crippen molar-refractivity contribution in [2.24, 2.45) is 0 Å². The molecule has 0 saturated carbocycles. The van der Waals surface area contributed by atoms with E-state index in [0.29, 0.717) is 5.56 Å². The number of hydrogen-bond acceptors (Lipinski definition) is 3. The lowest BCUT2D eigenvalue weighted by Gasteiger charge is -1.97. The molecule has 0 aliphatic rings. The Hall–Kier alpha value is -2.06. The van der Waals surface area contributed by atoms with Gasteiger partial charge in [0, 0.05) is 11.8 Å². The van der Waals surface area contributed by atoms with Crippen molar-refractivity contribution in [1.82, 2.24) is 4.98 Å². The van der Waals surface area contributed by atoms with Crippen LogP contribution in [0.1, 0.15) is 22.5 Å². The number of halogens is 1. The Morgan fingerprint density at radius 3 is 2.62 bits per heavy atom. The fourth-order valence-corrected chi connectivity index (χ4v) is 1.13. The third-order valence-corrected chi connectivity index (χ3v) is 1.80. The summed E-state index contributed by atoms with van der Waals surface area (Å²) < 4.78 is 0. The molecule has 0 amide bonds. The van der Waals surface area contributed by atoms with E-state index in [9.17, 15) is 9.59 Å². The Bertz CT molecular complexity index is 501. The summed E-state index contributed by atoms with van der Waals surface area (Å²) >= 11 is 5.64. The Morgan fingerprint density at radius 2 is 2.12 bits per heavy atom. The normalized spacial score (nSPS) is 9.06. The fourth-order valence-electron chi connectivity index (χ4n) is 0.886. The summed E-state index contributed by atoms with van der Waals surface area (Å²) in [6.07, 6.45) is 0.933. The summed E-state index contributed by atoms with van der Waals surface area (Å²) in [5.41, 5.74) is 0.113. The van der Waals surface area contributed by atoms with Crippen LogP contribution in [0.5, 0.6) is 0 Å². The molecule has 5 nitrogen and oxygen atoms in total. The van der Waals surface area contributed by atoms with E-state index in [-0.39, 0.29) is 17.1 Å². The van der Waals surface area contributed by atoms with Gasteiger partial charge in [0.05, 0.1) is 5.02 Å². The number of carboxylic acids is 2. The van der Waals surface area contributed by atoms with E-state index in [4.69, 9.17) is 21.8 Å². The number of aromatic carboxylic acids is 1. The molecule has 0 aliphatic carbocycles. The highest BCUT2D eigenvalue weighted by molar-refractivity contribution is 6.33. The van der Waals surface area contributed by atoms with Crippen molar-refractivity contribution in [1.29, 1.82) is 0 Å². The summed E-state index contributed by atoms with van der Waals surface area (Å²) in [5, 5.41) is 17.0. The summed E-state index contributed by atoms with van der Waals surface area (Å²) in [4.78, 5) is 24.3. The van der Waals surface area contributed by atoms with Gasteiger partial charge in [0.1, 0.15) is 6.42 Å².